The first-order chi connectivity index (χ1) is 15.0. The number of esters is 1. The maximum absolute atomic E-state index is 13.0. The molecule has 4 rings (SSSR count). The number of carbonyl (C=O) groups is 2. The minimum Gasteiger partial charge on any atom is -0.462 e. The number of hydrogen-bond donors (Lipinski definition) is 0. The highest BCUT2D eigenvalue weighted by atomic mass is 32.1. The van der Waals surface area contributed by atoms with Crippen molar-refractivity contribution in [2.45, 2.75) is 20.4 Å². The Bertz CT molecular complexity index is 1320. The molecule has 0 bridgehead atoms. The van der Waals surface area contributed by atoms with Gasteiger partial charge >= 0.3 is 5.97 Å². The van der Waals surface area contributed by atoms with Crippen molar-refractivity contribution in [3.05, 3.63) is 87.3 Å². The number of rotatable bonds is 6. The zero-order valence-corrected chi connectivity index (χ0v) is 17.9. The summed E-state index contributed by atoms with van der Waals surface area (Å²) in [5.41, 5.74) is 2.78. The predicted molar refractivity (Wildman–Crippen MR) is 121 cm³/mol. The van der Waals surface area contributed by atoms with E-state index in [1.54, 1.807) is 26.0 Å². The summed E-state index contributed by atoms with van der Waals surface area (Å²) in [4.78, 5) is 43.0. The third-order valence-corrected chi connectivity index (χ3v) is 6.19. The second kappa shape index (κ2) is 8.65. The number of benzene rings is 2. The summed E-state index contributed by atoms with van der Waals surface area (Å²) in [6.45, 7) is 3.55. The average molecular weight is 433 g/mol. The number of aryl methyl sites for hydroxylation is 1. The zero-order valence-electron chi connectivity index (χ0n) is 17.1. The van der Waals surface area contributed by atoms with E-state index in [-0.39, 0.29) is 24.5 Å². The Balaban J connectivity index is 1.60. The van der Waals surface area contributed by atoms with Crippen molar-refractivity contribution in [1.29, 1.82) is 0 Å². The summed E-state index contributed by atoms with van der Waals surface area (Å²) in [5, 5.41) is 0.350. The van der Waals surface area contributed by atoms with Crippen LogP contribution in [-0.2, 0) is 11.3 Å². The van der Waals surface area contributed by atoms with Crippen molar-refractivity contribution >= 4 is 33.3 Å². The van der Waals surface area contributed by atoms with Crippen molar-refractivity contribution in [2.75, 3.05) is 6.61 Å². The first kappa shape index (κ1) is 20.7. The fraction of sp³-hybridized carbons (Fsp3) is 0.167. The van der Waals surface area contributed by atoms with E-state index in [1.807, 2.05) is 42.5 Å². The third kappa shape index (κ3) is 4.04. The Labute approximate surface area is 182 Å². The molecule has 0 fully saturated rings. The van der Waals surface area contributed by atoms with Gasteiger partial charge in [-0.2, -0.15) is 0 Å². The lowest BCUT2D eigenvalue weighted by Crippen LogP contribution is -2.24. The van der Waals surface area contributed by atoms with Gasteiger partial charge in [-0.25, -0.2) is 9.78 Å². The van der Waals surface area contributed by atoms with Gasteiger partial charge in [-0.3, -0.25) is 14.2 Å². The van der Waals surface area contributed by atoms with Crippen LogP contribution in [0.25, 0.3) is 21.3 Å². The molecule has 0 amide bonds. The monoisotopic (exact) mass is 432 g/mol. The molecular weight excluding hydrogens is 412 g/mol. The second-order valence-electron chi connectivity index (χ2n) is 7.00. The van der Waals surface area contributed by atoms with Gasteiger partial charge in [-0.15, -0.1) is 11.3 Å². The summed E-state index contributed by atoms with van der Waals surface area (Å²) in [5.74, 6) is -0.662. The minimum absolute atomic E-state index is 0.128. The quantitative estimate of drug-likeness (QED) is 0.331. The number of Topliss-reactive ketones (excluding diaryl/α,β-unsaturated/α-hetero) is 1. The fourth-order valence-corrected chi connectivity index (χ4v) is 4.42. The van der Waals surface area contributed by atoms with Gasteiger partial charge in [0.15, 0.2) is 5.78 Å². The number of fused-ring (bicyclic) bond motifs is 1. The van der Waals surface area contributed by atoms with E-state index in [4.69, 9.17) is 4.74 Å². The molecule has 0 aliphatic rings. The molecule has 0 aliphatic heterocycles. The number of nitrogens with zero attached hydrogens (tertiary/aromatic N) is 2. The first-order valence-electron chi connectivity index (χ1n) is 9.84. The van der Waals surface area contributed by atoms with Crippen molar-refractivity contribution in [3.63, 3.8) is 0 Å². The Morgan fingerprint density at radius 1 is 1.03 bits per heavy atom. The van der Waals surface area contributed by atoms with Crippen LogP contribution in [0.15, 0.2) is 65.7 Å². The third-order valence-electron chi connectivity index (χ3n) is 5.01. The van der Waals surface area contributed by atoms with Crippen LogP contribution in [0.1, 0.15) is 32.5 Å². The molecule has 2 aromatic heterocycles. The van der Waals surface area contributed by atoms with Crippen LogP contribution in [0.3, 0.4) is 0 Å². The molecule has 6 nitrogen and oxygen atoms in total. The van der Waals surface area contributed by atoms with Crippen molar-refractivity contribution in [2.24, 2.45) is 0 Å². The van der Waals surface area contributed by atoms with Crippen LogP contribution in [0.2, 0.25) is 0 Å². The normalized spacial score (nSPS) is 10.9. The highest BCUT2D eigenvalue weighted by Crippen LogP contribution is 2.27. The van der Waals surface area contributed by atoms with Crippen LogP contribution in [0.5, 0.6) is 0 Å². The molecule has 0 radical (unpaired) electrons. The lowest BCUT2D eigenvalue weighted by Gasteiger charge is -2.07. The highest BCUT2D eigenvalue weighted by Gasteiger charge is 2.21. The molecule has 0 saturated heterocycles. The molecule has 7 heteroatoms. The molecule has 0 atom stereocenters. The second-order valence-corrected chi connectivity index (χ2v) is 8.00. The fourth-order valence-electron chi connectivity index (χ4n) is 3.39. The number of thiophene rings is 1. The van der Waals surface area contributed by atoms with E-state index >= 15 is 0 Å². The van der Waals surface area contributed by atoms with Crippen LogP contribution in [-0.4, -0.2) is 27.9 Å². The zero-order chi connectivity index (χ0) is 22.0. The van der Waals surface area contributed by atoms with Crippen molar-refractivity contribution in [1.82, 2.24) is 9.55 Å². The Kier molecular flexibility index (Phi) is 5.77. The number of carbonyl (C=O) groups excluding carboxylic acids is 2. The van der Waals surface area contributed by atoms with Crippen LogP contribution >= 0.6 is 11.3 Å². The molecule has 0 aliphatic carbocycles. The molecule has 31 heavy (non-hydrogen) atoms. The Morgan fingerprint density at radius 2 is 1.71 bits per heavy atom. The van der Waals surface area contributed by atoms with Gasteiger partial charge in [0.05, 0.1) is 24.9 Å². The van der Waals surface area contributed by atoms with E-state index in [0.29, 0.717) is 26.2 Å². The Hall–Kier alpha value is -3.58. The van der Waals surface area contributed by atoms with Gasteiger partial charge in [-0.1, -0.05) is 54.6 Å². The number of ether oxygens (including phenoxy) is 1. The molecule has 0 N–H and O–H groups in total. The minimum atomic E-state index is -0.469. The van der Waals surface area contributed by atoms with E-state index in [9.17, 15) is 14.4 Å². The van der Waals surface area contributed by atoms with Gasteiger partial charge in [0.25, 0.3) is 5.56 Å². The number of ketones is 1. The van der Waals surface area contributed by atoms with Crippen molar-refractivity contribution < 1.29 is 14.3 Å². The summed E-state index contributed by atoms with van der Waals surface area (Å²) >= 11 is 1.13. The summed E-state index contributed by atoms with van der Waals surface area (Å²) < 4.78 is 6.34. The average Bonchev–Trinajstić information content (AvgIpc) is 3.13. The summed E-state index contributed by atoms with van der Waals surface area (Å²) in [7, 11) is 0. The maximum atomic E-state index is 13.0. The van der Waals surface area contributed by atoms with Gasteiger partial charge in [0.1, 0.15) is 9.71 Å². The number of hydrogen-bond acceptors (Lipinski definition) is 6. The van der Waals surface area contributed by atoms with E-state index in [0.717, 1.165) is 22.5 Å². The SMILES string of the molecule is CCOC(=O)c1sc2ncn(CC(=O)c3ccc(-c4ccccc4)cc3)c(=O)c2c1C. The molecule has 156 valence electrons. The van der Waals surface area contributed by atoms with E-state index < -0.39 is 5.97 Å². The van der Waals surface area contributed by atoms with Gasteiger partial charge in [-0.05, 0) is 30.5 Å². The summed E-state index contributed by atoms with van der Waals surface area (Å²) in [6, 6.07) is 17.2. The highest BCUT2D eigenvalue weighted by molar-refractivity contribution is 7.20. The van der Waals surface area contributed by atoms with Crippen LogP contribution in [0.4, 0.5) is 0 Å². The maximum Gasteiger partial charge on any atom is 0.348 e. The van der Waals surface area contributed by atoms with Gasteiger partial charge < -0.3 is 4.74 Å². The predicted octanol–water partition coefficient (Wildman–Crippen LogP) is 4.49. The largest absolute Gasteiger partial charge is 0.462 e. The first-order valence-corrected chi connectivity index (χ1v) is 10.7. The van der Waals surface area contributed by atoms with Crippen LogP contribution in [0, 0.1) is 6.92 Å². The van der Waals surface area contributed by atoms with Crippen molar-refractivity contribution in [3.8, 4) is 11.1 Å². The lowest BCUT2D eigenvalue weighted by molar-refractivity contribution is 0.0531. The smallest absolute Gasteiger partial charge is 0.348 e. The molecule has 0 unspecified atom stereocenters. The lowest BCUT2D eigenvalue weighted by atomic mass is 10.0. The molecular formula is C24H20N2O4S. The van der Waals surface area contributed by atoms with E-state index in [2.05, 4.69) is 4.98 Å². The number of aromatic nitrogens is 2. The van der Waals surface area contributed by atoms with Crippen LogP contribution < -0.4 is 5.56 Å². The Morgan fingerprint density at radius 3 is 2.39 bits per heavy atom. The summed E-state index contributed by atoms with van der Waals surface area (Å²) in [6.07, 6.45) is 1.35. The standard InChI is InChI=1S/C24H20N2O4S/c1-3-30-24(29)21-15(2)20-22(31-21)25-14-26(23(20)28)13-19(27)18-11-9-17(10-12-18)16-7-5-4-6-8-16/h4-12,14H,3,13H2,1-2H3. The molecule has 0 saturated carbocycles. The topological polar surface area (TPSA) is 78.3 Å². The molecule has 2 heterocycles. The molecule has 2 aromatic carbocycles. The van der Waals surface area contributed by atoms with E-state index in [1.165, 1.54) is 10.9 Å². The van der Waals surface area contributed by atoms with Gasteiger partial charge in [0.2, 0.25) is 0 Å². The van der Waals surface area contributed by atoms with Gasteiger partial charge in [0, 0.05) is 5.56 Å². The molecule has 4 aromatic rings. The molecule has 0 spiro atoms.